The number of hydrogen-bond donors (Lipinski definition) is 0. The molecule has 2 aromatic carbocycles. The number of rotatable bonds is 20. The molecule has 2 nitrogen and oxygen atoms in total. The molecule has 3 rings (SSSR count). The first kappa shape index (κ1) is 32.0. The van der Waals surface area contributed by atoms with Crippen molar-refractivity contribution >= 4 is 11.4 Å². The van der Waals surface area contributed by atoms with E-state index in [2.05, 4.69) is 76.2 Å². The minimum absolute atomic E-state index is 1.01. The van der Waals surface area contributed by atoms with E-state index in [9.17, 15) is 5.53 Å². The Bertz CT molecular complexity index is 1100. The van der Waals surface area contributed by atoms with Crippen molar-refractivity contribution < 1.29 is 4.70 Å². The molecule has 0 saturated heterocycles. The van der Waals surface area contributed by atoms with Crippen molar-refractivity contribution in [1.82, 2.24) is 0 Å². The second-order valence-electron chi connectivity index (χ2n) is 11.9. The molecular formula is C38H56N2. The molecule has 0 saturated carbocycles. The third kappa shape index (κ3) is 9.28. The zero-order chi connectivity index (χ0) is 28.6. The summed E-state index contributed by atoms with van der Waals surface area (Å²) in [6.45, 7) is 9.08. The monoisotopic (exact) mass is 540 g/mol. The summed E-state index contributed by atoms with van der Waals surface area (Å²) in [4.78, 5) is 0. The van der Waals surface area contributed by atoms with Gasteiger partial charge in [-0.05, 0) is 86.8 Å². The van der Waals surface area contributed by atoms with Gasteiger partial charge in [0.25, 0.3) is 0 Å². The first-order chi connectivity index (χ1) is 19.6. The van der Waals surface area contributed by atoms with Crippen LogP contribution in [0.1, 0.15) is 153 Å². The van der Waals surface area contributed by atoms with Crippen LogP contribution in [0, 0.1) is 0 Å². The lowest BCUT2D eigenvalue weighted by molar-refractivity contribution is -0.345. The predicted molar refractivity (Wildman–Crippen MR) is 174 cm³/mol. The summed E-state index contributed by atoms with van der Waals surface area (Å²) in [7, 11) is 0. The molecule has 1 aliphatic rings. The highest BCUT2D eigenvalue weighted by Gasteiger charge is 2.35. The van der Waals surface area contributed by atoms with Crippen molar-refractivity contribution in [2.24, 2.45) is 0 Å². The van der Waals surface area contributed by atoms with E-state index in [0.29, 0.717) is 0 Å². The van der Waals surface area contributed by atoms with E-state index in [4.69, 9.17) is 0 Å². The Labute approximate surface area is 246 Å². The maximum Gasteiger partial charge on any atom is 0.211 e. The lowest BCUT2D eigenvalue weighted by atomic mass is 9.91. The molecule has 0 fully saturated rings. The van der Waals surface area contributed by atoms with E-state index < -0.39 is 0 Å². The normalized spacial score (nSPS) is 13.7. The predicted octanol–water partition coefficient (Wildman–Crippen LogP) is 12.3. The van der Waals surface area contributed by atoms with Gasteiger partial charge in [-0.2, -0.15) is 0 Å². The minimum Gasteiger partial charge on any atom is -0.493 e. The highest BCUT2D eigenvalue weighted by Crippen LogP contribution is 2.44. The Hall–Kier alpha value is -2.48. The Kier molecular flexibility index (Phi) is 14.5. The van der Waals surface area contributed by atoms with Crippen LogP contribution in [0.4, 0.5) is 0 Å². The van der Waals surface area contributed by atoms with E-state index in [1.165, 1.54) is 86.5 Å². The summed E-state index contributed by atoms with van der Waals surface area (Å²) < 4.78 is 1.55. The van der Waals surface area contributed by atoms with Gasteiger partial charge in [-0.3, -0.25) is 0 Å². The summed E-state index contributed by atoms with van der Waals surface area (Å²) in [6, 6.07) is 18.1. The van der Waals surface area contributed by atoms with Gasteiger partial charge in [-0.1, -0.05) is 116 Å². The van der Waals surface area contributed by atoms with Crippen LogP contribution in [0.25, 0.3) is 16.9 Å². The summed E-state index contributed by atoms with van der Waals surface area (Å²) >= 11 is 0. The fourth-order valence-corrected chi connectivity index (χ4v) is 6.06. The average molecular weight is 541 g/mol. The molecular weight excluding hydrogens is 484 g/mol. The zero-order valence-electron chi connectivity index (χ0n) is 26.2. The second-order valence-corrected chi connectivity index (χ2v) is 11.9. The number of allylic oxidation sites excluding steroid dienone is 2. The Balaban J connectivity index is 1.88. The number of aryl methyl sites for hydroxylation is 2. The molecule has 1 heterocycles. The molecule has 218 valence electrons. The number of nitrogens with zero attached hydrogens (tertiary/aromatic N) is 2. The lowest BCUT2D eigenvalue weighted by Gasteiger charge is -2.11. The van der Waals surface area contributed by atoms with E-state index in [0.717, 1.165) is 73.9 Å². The quantitative estimate of drug-likeness (QED) is 0.118. The maximum absolute atomic E-state index is 11.9. The third-order valence-corrected chi connectivity index (χ3v) is 8.49. The molecule has 0 N–H and O–H groups in total. The molecule has 0 amide bonds. The van der Waals surface area contributed by atoms with Gasteiger partial charge >= 0.3 is 0 Å². The van der Waals surface area contributed by atoms with Gasteiger partial charge in [-0.15, -0.1) is 0 Å². The lowest BCUT2D eigenvalue weighted by Crippen LogP contribution is -2.03. The topological polar surface area (TPSA) is 25.3 Å². The number of unbranched alkanes of at least 4 members (excludes halogenated alkanes) is 10. The molecule has 0 aromatic heterocycles. The molecule has 0 spiro atoms. The van der Waals surface area contributed by atoms with E-state index in [-0.39, 0.29) is 0 Å². The van der Waals surface area contributed by atoms with Crippen LogP contribution in [0.3, 0.4) is 0 Å². The molecule has 40 heavy (non-hydrogen) atoms. The van der Waals surface area contributed by atoms with Gasteiger partial charge in [-0.25, -0.2) is 4.70 Å². The first-order valence-corrected chi connectivity index (χ1v) is 16.8. The molecule has 0 aliphatic carbocycles. The third-order valence-electron chi connectivity index (χ3n) is 8.49. The van der Waals surface area contributed by atoms with Crippen molar-refractivity contribution in [1.29, 1.82) is 0 Å². The smallest absolute Gasteiger partial charge is 0.211 e. The minimum atomic E-state index is 1.01. The molecule has 2 heteroatoms. The van der Waals surface area contributed by atoms with Crippen LogP contribution in [0.5, 0.6) is 0 Å². The molecule has 0 unspecified atom stereocenters. The summed E-state index contributed by atoms with van der Waals surface area (Å²) in [5.41, 5.74) is 21.7. The van der Waals surface area contributed by atoms with E-state index in [1.54, 1.807) is 4.70 Å². The Morgan fingerprint density at radius 1 is 0.475 bits per heavy atom. The maximum atomic E-state index is 11.9. The summed E-state index contributed by atoms with van der Waals surface area (Å²) in [5.74, 6) is 0. The van der Waals surface area contributed by atoms with Crippen molar-refractivity contribution in [3.05, 3.63) is 87.5 Å². The number of benzene rings is 2. The van der Waals surface area contributed by atoms with Gasteiger partial charge < -0.3 is 5.53 Å². The summed E-state index contributed by atoms with van der Waals surface area (Å²) in [6.07, 6.45) is 22.0. The molecule has 0 atom stereocenters. The van der Waals surface area contributed by atoms with Crippen LogP contribution < -0.4 is 0 Å². The fourth-order valence-electron chi connectivity index (χ4n) is 6.06. The van der Waals surface area contributed by atoms with Crippen LogP contribution >= 0.6 is 0 Å². The van der Waals surface area contributed by atoms with Crippen LogP contribution in [0.2, 0.25) is 0 Å². The zero-order valence-corrected chi connectivity index (χ0v) is 26.2. The largest absolute Gasteiger partial charge is 0.493 e. The van der Waals surface area contributed by atoms with Crippen LogP contribution in [-0.2, 0) is 12.8 Å². The Morgan fingerprint density at radius 3 is 1.57 bits per heavy atom. The average Bonchev–Trinajstić information content (AvgIpc) is 3.25. The summed E-state index contributed by atoms with van der Waals surface area (Å²) in [5, 5.41) is 0. The fraction of sp³-hybridized carbons (Fsp3) is 0.579. The van der Waals surface area contributed by atoms with Crippen LogP contribution in [-0.4, -0.2) is 4.70 Å². The van der Waals surface area contributed by atoms with Gasteiger partial charge in [0.15, 0.2) is 0 Å². The van der Waals surface area contributed by atoms with Crippen molar-refractivity contribution in [2.45, 2.75) is 143 Å². The SMILES string of the molecule is CCCCCCCCc1cccc(C2=C(CCCC)C(CCCC)=C(c3ccc(CCCCCC)cc3)[N+]2=[N-])c1. The number of hydrogen-bond acceptors (Lipinski definition) is 0. The van der Waals surface area contributed by atoms with Crippen molar-refractivity contribution in [2.75, 3.05) is 0 Å². The molecule has 0 radical (unpaired) electrons. The van der Waals surface area contributed by atoms with Gasteiger partial charge in [0.2, 0.25) is 11.4 Å². The standard InChI is InChI=1S/C38H56N2/c1-5-9-13-15-16-18-21-32-22-19-23-34(30-32)38-36(25-12-8-4)35(24-11-7-3)37(40(38)39)33-28-26-31(27-29-33)20-17-14-10-6-2/h19,22-23,26-30H,5-18,20-21,24-25H2,1-4H3. The van der Waals surface area contributed by atoms with Gasteiger partial charge in [0.05, 0.1) is 0 Å². The molecule has 0 bridgehead atoms. The Morgan fingerprint density at radius 2 is 0.975 bits per heavy atom. The van der Waals surface area contributed by atoms with Crippen molar-refractivity contribution in [3.63, 3.8) is 0 Å². The highest BCUT2D eigenvalue weighted by atomic mass is 15.2. The van der Waals surface area contributed by atoms with Gasteiger partial charge in [0.1, 0.15) is 0 Å². The van der Waals surface area contributed by atoms with Crippen LogP contribution in [0.15, 0.2) is 59.7 Å². The van der Waals surface area contributed by atoms with E-state index >= 15 is 0 Å². The first-order valence-electron chi connectivity index (χ1n) is 16.8. The highest BCUT2D eigenvalue weighted by molar-refractivity contribution is 5.82. The molecule has 2 aromatic rings. The van der Waals surface area contributed by atoms with Crippen molar-refractivity contribution in [3.8, 4) is 0 Å². The second kappa shape index (κ2) is 18.1. The molecule has 1 aliphatic heterocycles. The van der Waals surface area contributed by atoms with Gasteiger partial charge in [0, 0.05) is 22.3 Å². The van der Waals surface area contributed by atoms with E-state index in [1.807, 2.05) is 0 Å².